The zero-order valence-electron chi connectivity index (χ0n) is 17.6. The largest absolute Gasteiger partial charge is 0.491 e. The van der Waals surface area contributed by atoms with Crippen molar-refractivity contribution in [2.75, 3.05) is 7.05 Å². The molecule has 152 valence electrons. The van der Waals surface area contributed by atoms with Crippen LogP contribution in [0.1, 0.15) is 40.9 Å². The highest BCUT2D eigenvalue weighted by Crippen LogP contribution is 2.44. The molecule has 2 N–H and O–H groups in total. The maximum Gasteiger partial charge on any atom is 0.151 e. The van der Waals surface area contributed by atoms with Crippen LogP contribution in [0.25, 0.3) is 32.9 Å². The SMILES string of the molecule is CNCc1c(C=O)c2c(c3[nH]c4ccccc4c13)CCc1cc(OC(C)C)ccc1-2. The number of fused-ring (bicyclic) bond motifs is 7. The lowest BCUT2D eigenvalue weighted by atomic mass is 9.79. The number of nitrogens with one attached hydrogen (secondary N) is 2. The van der Waals surface area contributed by atoms with Crippen molar-refractivity contribution in [3.8, 4) is 16.9 Å². The second kappa shape index (κ2) is 7.29. The fraction of sp³-hybridized carbons (Fsp3) is 0.269. The molecule has 1 heterocycles. The van der Waals surface area contributed by atoms with Crippen LogP contribution in [0.4, 0.5) is 0 Å². The van der Waals surface area contributed by atoms with Gasteiger partial charge in [-0.15, -0.1) is 0 Å². The van der Waals surface area contributed by atoms with Gasteiger partial charge in [-0.25, -0.2) is 0 Å². The van der Waals surface area contributed by atoms with Crippen LogP contribution in [0.2, 0.25) is 0 Å². The number of para-hydroxylation sites is 1. The number of rotatable bonds is 5. The van der Waals surface area contributed by atoms with E-state index < -0.39 is 0 Å². The highest BCUT2D eigenvalue weighted by atomic mass is 16.5. The van der Waals surface area contributed by atoms with Gasteiger partial charge in [0.25, 0.3) is 0 Å². The van der Waals surface area contributed by atoms with Gasteiger partial charge < -0.3 is 15.0 Å². The number of carbonyl (C=O) groups is 1. The Kier molecular flexibility index (Phi) is 4.59. The Morgan fingerprint density at radius 2 is 2.00 bits per heavy atom. The number of H-pyrrole nitrogens is 1. The number of aromatic nitrogens is 1. The van der Waals surface area contributed by atoms with Gasteiger partial charge in [0.2, 0.25) is 0 Å². The highest BCUT2D eigenvalue weighted by Gasteiger charge is 2.27. The normalized spacial score (nSPS) is 12.9. The van der Waals surface area contributed by atoms with E-state index in [9.17, 15) is 4.79 Å². The average Bonchev–Trinajstić information content (AvgIpc) is 3.13. The quantitative estimate of drug-likeness (QED) is 0.442. The van der Waals surface area contributed by atoms with E-state index in [1.165, 1.54) is 21.9 Å². The molecule has 0 bridgehead atoms. The van der Waals surface area contributed by atoms with Crippen molar-refractivity contribution >= 4 is 28.1 Å². The van der Waals surface area contributed by atoms with Gasteiger partial charge in [-0.2, -0.15) is 0 Å². The van der Waals surface area contributed by atoms with Crippen molar-refractivity contribution in [1.29, 1.82) is 0 Å². The van der Waals surface area contributed by atoms with E-state index in [0.29, 0.717) is 6.54 Å². The van der Waals surface area contributed by atoms with Crippen molar-refractivity contribution in [3.63, 3.8) is 0 Å². The number of ether oxygens (including phenoxy) is 1. The lowest BCUT2D eigenvalue weighted by Gasteiger charge is -2.25. The summed E-state index contributed by atoms with van der Waals surface area (Å²) in [7, 11) is 1.93. The molecule has 0 spiro atoms. The Labute approximate surface area is 176 Å². The molecule has 1 aromatic heterocycles. The number of aromatic amines is 1. The predicted molar refractivity (Wildman–Crippen MR) is 123 cm³/mol. The Hall–Kier alpha value is -3.11. The zero-order chi connectivity index (χ0) is 20.8. The first-order valence-electron chi connectivity index (χ1n) is 10.6. The van der Waals surface area contributed by atoms with E-state index in [2.05, 4.69) is 40.6 Å². The molecule has 1 aliphatic rings. The third-order valence-electron chi connectivity index (χ3n) is 6.04. The van der Waals surface area contributed by atoms with Gasteiger partial charge in [-0.05, 0) is 79.8 Å². The number of carbonyl (C=O) groups excluding carboxylic acids is 1. The first-order valence-corrected chi connectivity index (χ1v) is 10.6. The number of aldehydes is 1. The first-order chi connectivity index (χ1) is 14.6. The van der Waals surface area contributed by atoms with Gasteiger partial charge in [0.15, 0.2) is 6.29 Å². The van der Waals surface area contributed by atoms with Crippen LogP contribution in [-0.2, 0) is 19.4 Å². The molecular weight excluding hydrogens is 372 g/mol. The number of aryl methyl sites for hydroxylation is 2. The summed E-state index contributed by atoms with van der Waals surface area (Å²) < 4.78 is 5.91. The Balaban J connectivity index is 1.85. The molecule has 4 aromatic rings. The molecule has 4 nitrogen and oxygen atoms in total. The summed E-state index contributed by atoms with van der Waals surface area (Å²) >= 11 is 0. The number of benzene rings is 3. The Morgan fingerprint density at radius 1 is 1.17 bits per heavy atom. The summed E-state index contributed by atoms with van der Waals surface area (Å²) in [5.41, 5.74) is 8.85. The molecule has 0 saturated carbocycles. The minimum absolute atomic E-state index is 0.137. The molecule has 30 heavy (non-hydrogen) atoms. The minimum Gasteiger partial charge on any atom is -0.491 e. The fourth-order valence-corrected chi connectivity index (χ4v) is 4.93. The zero-order valence-corrected chi connectivity index (χ0v) is 17.6. The van der Waals surface area contributed by atoms with Crippen molar-refractivity contribution in [3.05, 3.63) is 64.7 Å². The van der Waals surface area contributed by atoms with Crippen molar-refractivity contribution in [2.24, 2.45) is 0 Å². The molecule has 1 aliphatic carbocycles. The second-order valence-corrected chi connectivity index (χ2v) is 8.30. The van der Waals surface area contributed by atoms with Gasteiger partial charge >= 0.3 is 0 Å². The standard InChI is InChI=1S/C26H26N2O2/c1-15(2)30-17-9-11-18-16(12-17)8-10-20-24(18)22(14-29)21(13-27-3)25-19-6-4-5-7-23(19)28-26(20)25/h4-7,9,11-12,14-15,27-28H,8,10,13H2,1-3H3. The van der Waals surface area contributed by atoms with E-state index in [0.717, 1.165) is 58.2 Å². The topological polar surface area (TPSA) is 54.1 Å². The van der Waals surface area contributed by atoms with Gasteiger partial charge in [0.05, 0.1) is 11.6 Å². The summed E-state index contributed by atoms with van der Waals surface area (Å²) in [5.74, 6) is 0.891. The maximum absolute atomic E-state index is 12.4. The van der Waals surface area contributed by atoms with Crippen molar-refractivity contribution in [2.45, 2.75) is 39.3 Å². The number of hydrogen-bond donors (Lipinski definition) is 2. The summed E-state index contributed by atoms with van der Waals surface area (Å²) in [6.07, 6.45) is 3.02. The van der Waals surface area contributed by atoms with Gasteiger partial charge in [-0.3, -0.25) is 4.79 Å². The molecule has 0 radical (unpaired) electrons. The molecule has 3 aromatic carbocycles. The Morgan fingerprint density at radius 3 is 2.77 bits per heavy atom. The van der Waals surface area contributed by atoms with Gasteiger partial charge in [0, 0.05) is 28.4 Å². The van der Waals surface area contributed by atoms with Crippen LogP contribution >= 0.6 is 0 Å². The van der Waals surface area contributed by atoms with Crippen LogP contribution in [0.15, 0.2) is 42.5 Å². The third kappa shape index (κ3) is 2.83. The van der Waals surface area contributed by atoms with Gasteiger partial charge in [0.1, 0.15) is 5.75 Å². The van der Waals surface area contributed by atoms with Crippen molar-refractivity contribution < 1.29 is 9.53 Å². The van der Waals surface area contributed by atoms with Gasteiger partial charge in [-0.1, -0.05) is 24.3 Å². The monoisotopic (exact) mass is 398 g/mol. The molecular formula is C26H26N2O2. The molecule has 0 atom stereocenters. The fourth-order valence-electron chi connectivity index (χ4n) is 4.93. The first kappa shape index (κ1) is 18.9. The van der Waals surface area contributed by atoms with Crippen LogP contribution in [0.5, 0.6) is 5.75 Å². The number of hydrogen-bond acceptors (Lipinski definition) is 3. The van der Waals surface area contributed by atoms with Crippen molar-refractivity contribution in [1.82, 2.24) is 10.3 Å². The van der Waals surface area contributed by atoms with E-state index in [-0.39, 0.29) is 6.10 Å². The van der Waals surface area contributed by atoms with Crippen LogP contribution in [0.3, 0.4) is 0 Å². The lowest BCUT2D eigenvalue weighted by Crippen LogP contribution is -2.14. The van der Waals surface area contributed by atoms with E-state index in [4.69, 9.17) is 4.74 Å². The molecule has 0 saturated heterocycles. The van der Waals surface area contributed by atoms with E-state index >= 15 is 0 Å². The third-order valence-corrected chi connectivity index (χ3v) is 6.04. The molecule has 4 heteroatoms. The van der Waals surface area contributed by atoms with E-state index in [1.54, 1.807) is 0 Å². The van der Waals surface area contributed by atoms with Crippen LogP contribution in [0, 0.1) is 0 Å². The second-order valence-electron chi connectivity index (χ2n) is 8.30. The van der Waals surface area contributed by atoms with E-state index in [1.807, 2.05) is 33.0 Å². The summed E-state index contributed by atoms with van der Waals surface area (Å²) in [6, 6.07) is 14.6. The predicted octanol–water partition coefficient (Wildman–Crippen LogP) is 5.41. The molecule has 0 amide bonds. The molecule has 0 aliphatic heterocycles. The average molecular weight is 399 g/mol. The lowest BCUT2D eigenvalue weighted by molar-refractivity contribution is 0.112. The molecule has 0 fully saturated rings. The van der Waals surface area contributed by atoms with Crippen LogP contribution < -0.4 is 10.1 Å². The summed E-state index contributed by atoms with van der Waals surface area (Å²) in [4.78, 5) is 16.1. The summed E-state index contributed by atoms with van der Waals surface area (Å²) in [6.45, 7) is 4.72. The molecule has 5 rings (SSSR count). The maximum atomic E-state index is 12.4. The van der Waals surface area contributed by atoms with Crippen LogP contribution in [-0.4, -0.2) is 24.4 Å². The highest BCUT2D eigenvalue weighted by molar-refractivity contribution is 6.15. The smallest absolute Gasteiger partial charge is 0.151 e. The minimum atomic E-state index is 0.137. The molecule has 0 unspecified atom stereocenters. The summed E-state index contributed by atoms with van der Waals surface area (Å²) in [5, 5.41) is 5.62. The Bertz CT molecular complexity index is 1280.